The molecule has 0 radical (unpaired) electrons. The molecular weight excluding hydrogens is 205 g/mol. The molecule has 0 aromatic heterocycles. The lowest BCUT2D eigenvalue weighted by Crippen LogP contribution is -2.47. The molecule has 15 heavy (non-hydrogen) atoms. The third kappa shape index (κ3) is 1.76. The van der Waals surface area contributed by atoms with Crippen molar-refractivity contribution in [3.05, 3.63) is 0 Å². The smallest absolute Gasteiger partial charge is 0.150 e. The van der Waals surface area contributed by atoms with Crippen LogP contribution in [-0.4, -0.2) is 23.0 Å². The first kappa shape index (κ1) is 11.5. The third-order valence-electron chi connectivity index (χ3n) is 4.28. The van der Waals surface area contributed by atoms with Gasteiger partial charge in [-0.25, -0.2) is 0 Å². The topological polar surface area (TPSA) is 20.3 Å². The molecule has 0 bridgehead atoms. The summed E-state index contributed by atoms with van der Waals surface area (Å²) in [5.74, 6) is 1.83. The molecule has 2 rings (SSSR count). The molecule has 2 aliphatic rings. The number of rotatable bonds is 3. The fourth-order valence-electron chi connectivity index (χ4n) is 3.44. The lowest BCUT2D eigenvalue weighted by atomic mass is 9.55. The molecule has 3 heteroatoms. The molecule has 0 amide bonds. The first-order valence-corrected chi connectivity index (χ1v) is 6.53. The molecule has 0 aromatic carbocycles. The first-order valence-electron chi connectivity index (χ1n) is 6.01. The summed E-state index contributed by atoms with van der Waals surface area (Å²) in [5, 5.41) is 0. The van der Waals surface area contributed by atoms with Gasteiger partial charge in [-0.2, -0.15) is 0 Å². The summed E-state index contributed by atoms with van der Waals surface area (Å²) in [6, 6.07) is 0.202. The van der Waals surface area contributed by atoms with Crippen molar-refractivity contribution in [2.75, 3.05) is 6.54 Å². The molecule has 1 saturated carbocycles. The predicted molar refractivity (Wildman–Crippen MR) is 65.5 cm³/mol. The van der Waals surface area contributed by atoms with E-state index in [1.54, 1.807) is 0 Å². The molecule has 1 heterocycles. The van der Waals surface area contributed by atoms with Gasteiger partial charge in [0.25, 0.3) is 0 Å². The highest BCUT2D eigenvalue weighted by atomic mass is 31.0. The van der Waals surface area contributed by atoms with Gasteiger partial charge >= 0.3 is 0 Å². The molecular formula is C12H22NOP. The molecule has 86 valence electrons. The monoisotopic (exact) mass is 227 g/mol. The van der Waals surface area contributed by atoms with E-state index < -0.39 is 0 Å². The highest BCUT2D eigenvalue weighted by molar-refractivity contribution is 7.13. The highest BCUT2D eigenvalue weighted by Crippen LogP contribution is 2.57. The van der Waals surface area contributed by atoms with Crippen LogP contribution in [0.5, 0.6) is 0 Å². The zero-order valence-electron chi connectivity index (χ0n) is 9.99. The van der Waals surface area contributed by atoms with Crippen molar-refractivity contribution >= 4 is 15.2 Å². The normalized spacial score (nSPS) is 38.5. The second-order valence-corrected chi connectivity index (χ2v) is 6.48. The summed E-state index contributed by atoms with van der Waals surface area (Å²) in [5.41, 5.74) is 0.459. The minimum absolute atomic E-state index is 0.202. The zero-order chi connectivity index (χ0) is 11.2. The molecule has 1 saturated heterocycles. The summed E-state index contributed by atoms with van der Waals surface area (Å²) in [4.78, 5) is 12.0. The summed E-state index contributed by atoms with van der Waals surface area (Å²) in [6.45, 7) is 7.84. The molecule has 0 spiro atoms. The van der Waals surface area contributed by atoms with Crippen molar-refractivity contribution in [2.24, 2.45) is 17.3 Å². The van der Waals surface area contributed by atoms with Crippen LogP contribution in [0.15, 0.2) is 0 Å². The van der Waals surface area contributed by atoms with Crippen molar-refractivity contribution < 1.29 is 4.79 Å². The van der Waals surface area contributed by atoms with E-state index >= 15 is 0 Å². The Morgan fingerprint density at radius 3 is 2.67 bits per heavy atom. The Bertz CT molecular complexity index is 277. The van der Waals surface area contributed by atoms with Gasteiger partial charge in [0.15, 0.2) is 5.78 Å². The molecule has 4 unspecified atom stereocenters. The third-order valence-corrected chi connectivity index (χ3v) is 4.81. The van der Waals surface area contributed by atoms with Crippen LogP contribution in [0.25, 0.3) is 0 Å². The summed E-state index contributed by atoms with van der Waals surface area (Å²) >= 11 is 0. The van der Waals surface area contributed by atoms with Gasteiger partial charge in [-0.3, -0.25) is 9.46 Å². The molecule has 2 nitrogen and oxygen atoms in total. The first-order chi connectivity index (χ1) is 6.97. The lowest BCUT2D eigenvalue weighted by Gasteiger charge is -2.48. The van der Waals surface area contributed by atoms with Crippen LogP contribution >= 0.6 is 9.39 Å². The minimum atomic E-state index is 0.202. The van der Waals surface area contributed by atoms with Gasteiger partial charge < -0.3 is 0 Å². The van der Waals surface area contributed by atoms with Crippen molar-refractivity contribution in [1.82, 2.24) is 4.67 Å². The van der Waals surface area contributed by atoms with Gasteiger partial charge in [0.2, 0.25) is 0 Å². The van der Waals surface area contributed by atoms with Gasteiger partial charge in [-0.15, -0.1) is 0 Å². The maximum atomic E-state index is 12.0. The van der Waals surface area contributed by atoms with E-state index in [-0.39, 0.29) is 6.04 Å². The van der Waals surface area contributed by atoms with E-state index in [2.05, 4.69) is 34.8 Å². The van der Waals surface area contributed by atoms with Crippen molar-refractivity contribution in [2.45, 2.75) is 46.1 Å². The summed E-state index contributed by atoms with van der Waals surface area (Å²) in [6.07, 6.45) is 2.95. The fourth-order valence-corrected chi connectivity index (χ4v) is 4.05. The second-order valence-electron chi connectivity index (χ2n) is 5.82. The van der Waals surface area contributed by atoms with Crippen LogP contribution in [0.2, 0.25) is 0 Å². The number of ketones is 1. The van der Waals surface area contributed by atoms with Gasteiger partial charge in [0.05, 0.1) is 6.04 Å². The quantitative estimate of drug-likeness (QED) is 0.690. The highest BCUT2D eigenvalue weighted by Gasteiger charge is 2.57. The van der Waals surface area contributed by atoms with Gasteiger partial charge in [0, 0.05) is 13.0 Å². The molecule has 2 fully saturated rings. The summed E-state index contributed by atoms with van der Waals surface area (Å²) < 4.78 is 2.21. The van der Waals surface area contributed by atoms with Crippen molar-refractivity contribution in [3.63, 3.8) is 0 Å². The molecule has 1 aliphatic carbocycles. The van der Waals surface area contributed by atoms with Crippen molar-refractivity contribution in [3.8, 4) is 0 Å². The molecule has 0 aromatic rings. The van der Waals surface area contributed by atoms with Gasteiger partial charge in [-0.05, 0) is 30.1 Å². The van der Waals surface area contributed by atoms with Gasteiger partial charge in [-0.1, -0.05) is 30.2 Å². The number of hydrogen-bond acceptors (Lipinski definition) is 2. The number of carbonyl (C=O) groups is 1. The average molecular weight is 227 g/mol. The number of hydrogen-bond donors (Lipinski definition) is 0. The number of carbonyl (C=O) groups excluding carboxylic acids is 1. The van der Waals surface area contributed by atoms with Crippen LogP contribution in [-0.2, 0) is 4.79 Å². The zero-order valence-corrected chi connectivity index (χ0v) is 11.1. The Morgan fingerprint density at radius 1 is 1.53 bits per heavy atom. The second kappa shape index (κ2) is 3.82. The lowest BCUT2D eigenvalue weighted by molar-refractivity contribution is -0.125. The molecule has 4 atom stereocenters. The Balaban J connectivity index is 2.06. The van der Waals surface area contributed by atoms with E-state index in [1.165, 1.54) is 6.42 Å². The maximum absolute atomic E-state index is 12.0. The Kier molecular flexibility index (Phi) is 2.94. The van der Waals surface area contributed by atoms with E-state index in [4.69, 9.17) is 0 Å². The SMILES string of the molecule is CCCC(=O)C1C2CC(C)(C)C2CN1P. The fraction of sp³-hybridized carbons (Fsp3) is 0.917. The van der Waals surface area contributed by atoms with Crippen LogP contribution in [0.4, 0.5) is 0 Å². The maximum Gasteiger partial charge on any atom is 0.150 e. The van der Waals surface area contributed by atoms with Gasteiger partial charge in [0.1, 0.15) is 0 Å². The van der Waals surface area contributed by atoms with E-state index in [0.717, 1.165) is 25.3 Å². The van der Waals surface area contributed by atoms with Crippen LogP contribution in [0.3, 0.4) is 0 Å². The van der Waals surface area contributed by atoms with E-state index in [9.17, 15) is 4.79 Å². The standard InChI is InChI=1S/C12H22NOP/c1-4-5-10(14)11-8-6-12(2,3)9(8)7-13(11)15/h8-9,11H,4-7,15H2,1-3H3. The Morgan fingerprint density at radius 2 is 2.20 bits per heavy atom. The minimum Gasteiger partial charge on any atom is -0.298 e. The molecule has 0 N–H and O–H groups in total. The average Bonchev–Trinajstić information content (AvgIpc) is 2.40. The Labute approximate surface area is 95.0 Å². The van der Waals surface area contributed by atoms with Crippen LogP contribution in [0.1, 0.15) is 40.0 Å². The van der Waals surface area contributed by atoms with Crippen molar-refractivity contribution in [1.29, 1.82) is 0 Å². The number of fused-ring (bicyclic) bond motifs is 1. The number of nitrogens with zero attached hydrogens (tertiary/aromatic N) is 1. The van der Waals surface area contributed by atoms with E-state index in [1.807, 2.05) is 0 Å². The summed E-state index contributed by atoms with van der Waals surface area (Å²) in [7, 11) is 2.76. The van der Waals surface area contributed by atoms with Crippen LogP contribution in [0, 0.1) is 17.3 Å². The van der Waals surface area contributed by atoms with E-state index in [0.29, 0.717) is 17.1 Å². The van der Waals surface area contributed by atoms with Crippen LogP contribution < -0.4 is 0 Å². The number of Topliss-reactive ketones (excluding diaryl/α,β-unsaturated/α-hetero) is 1. The predicted octanol–water partition coefficient (Wildman–Crippen LogP) is 2.49. The molecule has 1 aliphatic heterocycles. The Hall–Kier alpha value is 0.0600. The largest absolute Gasteiger partial charge is 0.298 e.